The molecule has 0 aliphatic heterocycles. The van der Waals surface area contributed by atoms with Gasteiger partial charge in [0.05, 0.1) is 23.0 Å². The summed E-state index contributed by atoms with van der Waals surface area (Å²) >= 11 is 1.33. The third-order valence-corrected chi connectivity index (χ3v) is 10.9. The van der Waals surface area contributed by atoms with E-state index in [1.54, 1.807) is 26.2 Å². The number of rotatable bonds is 6. The molecule has 7 N–H and O–H groups in total. The van der Waals surface area contributed by atoms with Crippen LogP contribution in [0.2, 0.25) is 0 Å². The number of fused-ring (bicyclic) bond motifs is 3. The number of hydrogen-bond donors (Lipinski definition) is 6. The zero-order chi connectivity index (χ0) is 34.9. The summed E-state index contributed by atoms with van der Waals surface area (Å²) in [7, 11) is 3.13. The van der Waals surface area contributed by atoms with Gasteiger partial charge in [0.2, 0.25) is 5.78 Å². The van der Waals surface area contributed by atoms with Crippen molar-refractivity contribution in [3.63, 3.8) is 0 Å². The molecule has 0 bridgehead atoms. The quantitative estimate of drug-likeness (QED) is 0.119. The zero-order valence-corrected chi connectivity index (χ0v) is 27.7. The molecular formula is C37H34N4O7S. The van der Waals surface area contributed by atoms with Gasteiger partial charge in [-0.25, -0.2) is 4.98 Å². The SMILES string of the molecule is C[C@@H]1c2ccc(Nc3nc(-c4ccc(-c5ccccc5)cc4)cs3)c(O)c2C(O)=C2C(=O)[C@]3(O)C(O)=C(C(N)=O)C(=O)[C@H](N(C)C)[C@H]3C[C@H]21. The number of nitrogens with one attached hydrogen (secondary N) is 1. The molecule has 12 heteroatoms. The Hall–Kier alpha value is -5.30. The van der Waals surface area contributed by atoms with Crippen LogP contribution in [0, 0.1) is 11.8 Å². The normalized spacial score (nSPS) is 24.8. The molecule has 1 fully saturated rings. The van der Waals surface area contributed by atoms with E-state index in [0.717, 1.165) is 22.4 Å². The maximum atomic E-state index is 14.2. The average molecular weight is 679 g/mol. The number of phenolic OH excluding ortho intramolecular Hbond substituents is 1. The van der Waals surface area contributed by atoms with Crippen LogP contribution in [-0.2, 0) is 14.4 Å². The van der Waals surface area contributed by atoms with Crippen molar-refractivity contribution in [3.05, 3.63) is 100 Å². The van der Waals surface area contributed by atoms with E-state index in [1.807, 2.05) is 66.9 Å². The Kier molecular flexibility index (Phi) is 7.70. The smallest absolute Gasteiger partial charge is 0.255 e. The number of nitrogens with zero attached hydrogens (tertiary/aromatic N) is 2. The summed E-state index contributed by atoms with van der Waals surface area (Å²) in [6.45, 7) is 1.83. The van der Waals surface area contributed by atoms with Crippen LogP contribution in [0.3, 0.4) is 0 Å². The third kappa shape index (κ3) is 4.86. The minimum Gasteiger partial charge on any atom is -0.508 e. The van der Waals surface area contributed by atoms with E-state index in [-0.39, 0.29) is 29.0 Å². The van der Waals surface area contributed by atoms with E-state index in [4.69, 9.17) is 5.73 Å². The van der Waals surface area contributed by atoms with Gasteiger partial charge < -0.3 is 31.5 Å². The number of ketones is 2. The number of carbonyl (C=O) groups excluding carboxylic acids is 3. The molecule has 3 aliphatic carbocycles. The first-order chi connectivity index (χ1) is 23.3. The van der Waals surface area contributed by atoms with Gasteiger partial charge in [0.25, 0.3) is 5.91 Å². The fraction of sp³-hybridized carbons (Fsp3) is 0.243. The molecule has 0 saturated heterocycles. The van der Waals surface area contributed by atoms with Gasteiger partial charge in [-0.05, 0) is 55.1 Å². The van der Waals surface area contributed by atoms with Gasteiger partial charge in [-0.3, -0.25) is 19.3 Å². The molecule has 3 aromatic carbocycles. The van der Waals surface area contributed by atoms with Gasteiger partial charge in [0.1, 0.15) is 22.8 Å². The van der Waals surface area contributed by atoms with Crippen molar-refractivity contribution in [2.75, 3.05) is 19.4 Å². The molecule has 1 amide bonds. The van der Waals surface area contributed by atoms with Crippen LogP contribution in [-0.4, -0.2) is 73.5 Å². The summed E-state index contributed by atoms with van der Waals surface area (Å²) in [4.78, 5) is 45.9. The number of likely N-dealkylation sites (N-methyl/N-ethyl adjacent to an activating group) is 1. The Morgan fingerprint density at radius 3 is 2.29 bits per heavy atom. The van der Waals surface area contributed by atoms with E-state index in [9.17, 15) is 34.8 Å². The highest BCUT2D eigenvalue weighted by atomic mass is 32.1. The van der Waals surface area contributed by atoms with Gasteiger partial charge in [-0.15, -0.1) is 11.3 Å². The molecule has 49 heavy (non-hydrogen) atoms. The molecule has 7 rings (SSSR count). The number of nitrogens with two attached hydrogens (primary N) is 1. The Bertz CT molecular complexity index is 2100. The molecule has 1 saturated carbocycles. The van der Waals surface area contributed by atoms with Crippen molar-refractivity contribution in [1.82, 2.24) is 9.88 Å². The van der Waals surface area contributed by atoms with E-state index < -0.39 is 64.0 Å². The van der Waals surface area contributed by atoms with Crippen LogP contribution in [0.25, 0.3) is 28.1 Å². The van der Waals surface area contributed by atoms with Crippen molar-refractivity contribution in [1.29, 1.82) is 0 Å². The largest absolute Gasteiger partial charge is 0.508 e. The first-order valence-corrected chi connectivity index (χ1v) is 16.6. The second kappa shape index (κ2) is 11.7. The van der Waals surface area contributed by atoms with Gasteiger partial charge in [0, 0.05) is 22.4 Å². The van der Waals surface area contributed by atoms with Crippen LogP contribution in [0.15, 0.2) is 89.0 Å². The first-order valence-electron chi connectivity index (χ1n) is 15.7. The third-order valence-electron chi connectivity index (χ3n) is 10.1. The van der Waals surface area contributed by atoms with Gasteiger partial charge >= 0.3 is 0 Å². The molecule has 4 aromatic rings. The topological polar surface area (TPSA) is 186 Å². The number of thiazole rings is 1. The summed E-state index contributed by atoms with van der Waals surface area (Å²) in [6, 6.07) is 20.3. The highest BCUT2D eigenvalue weighted by Gasteiger charge is 2.64. The number of aromatic nitrogens is 1. The maximum absolute atomic E-state index is 14.2. The molecule has 1 aromatic heterocycles. The lowest BCUT2D eigenvalue weighted by Gasteiger charge is -2.51. The fourth-order valence-corrected chi connectivity index (χ4v) is 8.41. The van der Waals surface area contributed by atoms with Gasteiger partial charge in [-0.1, -0.05) is 67.6 Å². The molecule has 0 radical (unpaired) electrons. The summed E-state index contributed by atoms with van der Waals surface area (Å²) in [5.41, 5.74) is 6.28. The molecule has 5 atom stereocenters. The molecule has 11 nitrogen and oxygen atoms in total. The first kappa shape index (κ1) is 32.3. The monoisotopic (exact) mass is 678 g/mol. The number of amides is 1. The van der Waals surface area contributed by atoms with E-state index >= 15 is 0 Å². The minimum absolute atomic E-state index is 0.00192. The molecule has 0 unspecified atom stereocenters. The predicted molar refractivity (Wildman–Crippen MR) is 185 cm³/mol. The van der Waals surface area contributed by atoms with Gasteiger partial charge in [0.15, 0.2) is 16.5 Å². The number of carbonyl (C=O) groups is 3. The van der Waals surface area contributed by atoms with E-state index in [0.29, 0.717) is 10.7 Å². The number of aromatic hydroxyl groups is 1. The van der Waals surface area contributed by atoms with Crippen LogP contribution in [0.4, 0.5) is 10.8 Å². The molecule has 1 heterocycles. The van der Waals surface area contributed by atoms with Crippen LogP contribution < -0.4 is 11.1 Å². The number of benzene rings is 3. The predicted octanol–water partition coefficient (Wildman–Crippen LogP) is 5.06. The van der Waals surface area contributed by atoms with Crippen molar-refractivity contribution >= 4 is 45.4 Å². The van der Waals surface area contributed by atoms with E-state index in [2.05, 4.69) is 10.3 Å². The maximum Gasteiger partial charge on any atom is 0.255 e. The van der Waals surface area contributed by atoms with Crippen molar-refractivity contribution < 1.29 is 34.8 Å². The number of Topliss-reactive ketones (excluding diaryl/α,β-unsaturated/α-hetero) is 2. The fourth-order valence-electron chi connectivity index (χ4n) is 7.68. The number of hydrogen-bond acceptors (Lipinski definition) is 11. The number of phenols is 1. The number of aliphatic hydroxyl groups is 3. The molecule has 3 aliphatic rings. The highest BCUT2D eigenvalue weighted by Crippen LogP contribution is 2.56. The molecule has 0 spiro atoms. The second-order valence-electron chi connectivity index (χ2n) is 13.0. The van der Waals surface area contributed by atoms with Gasteiger partial charge in [-0.2, -0.15) is 0 Å². The van der Waals surface area contributed by atoms with Crippen LogP contribution in [0.5, 0.6) is 5.75 Å². The Balaban J connectivity index is 1.23. The van der Waals surface area contributed by atoms with Crippen LogP contribution >= 0.6 is 11.3 Å². The lowest BCUT2D eigenvalue weighted by atomic mass is 9.55. The summed E-state index contributed by atoms with van der Waals surface area (Å²) in [5.74, 6) is -7.39. The zero-order valence-electron chi connectivity index (χ0n) is 26.8. The minimum atomic E-state index is -2.70. The average Bonchev–Trinajstić information content (AvgIpc) is 3.54. The summed E-state index contributed by atoms with van der Waals surface area (Å²) in [6.07, 6.45) is 0.0158. The van der Waals surface area contributed by atoms with Crippen molar-refractivity contribution in [3.8, 4) is 28.1 Å². The Labute approximate surface area is 285 Å². The Morgan fingerprint density at radius 2 is 1.63 bits per heavy atom. The van der Waals surface area contributed by atoms with Crippen molar-refractivity contribution in [2.24, 2.45) is 17.6 Å². The number of aliphatic hydroxyl groups excluding tert-OH is 2. The van der Waals surface area contributed by atoms with E-state index in [1.165, 1.54) is 16.2 Å². The summed E-state index contributed by atoms with van der Waals surface area (Å²) in [5, 5.41) is 51.6. The highest BCUT2D eigenvalue weighted by molar-refractivity contribution is 7.14. The lowest BCUT2D eigenvalue weighted by molar-refractivity contribution is -0.154. The second-order valence-corrected chi connectivity index (χ2v) is 13.8. The standard InChI is InChI=1S/C37H34N4O7S/c1-17-21-13-14-24(39-36-40-25(16-49-36)20-11-9-19(10-12-20)18-7-5-4-6-8-18)30(42)26(21)31(43)27-22(17)15-23-29(41(2)3)32(44)28(35(38)47)34(46)37(23,48)33(27)45/h4-14,16-17,22-23,29,42-43,46,48H,15H2,1-3H3,(H2,38,47)(H,39,40)/t17-,22+,23-,29-,37+/m1/s1. The lowest BCUT2D eigenvalue weighted by Crippen LogP contribution is -2.65. The van der Waals surface area contributed by atoms with Crippen molar-refractivity contribution in [2.45, 2.75) is 30.9 Å². The number of anilines is 2. The summed E-state index contributed by atoms with van der Waals surface area (Å²) < 4.78 is 0. The molecule has 250 valence electrons. The number of primary amides is 1. The Morgan fingerprint density at radius 1 is 0.980 bits per heavy atom. The molecular weight excluding hydrogens is 644 g/mol. The van der Waals surface area contributed by atoms with Crippen LogP contribution in [0.1, 0.15) is 30.4 Å².